The molecule has 1 N–H and O–H groups in total. The van der Waals surface area contributed by atoms with E-state index in [0.29, 0.717) is 0 Å². The predicted molar refractivity (Wildman–Crippen MR) is 112 cm³/mol. The highest BCUT2D eigenvalue weighted by atomic mass is 16.3. The molecule has 0 saturated carbocycles. The van der Waals surface area contributed by atoms with Crippen LogP contribution in [0.5, 0.6) is 0 Å². The van der Waals surface area contributed by atoms with Crippen molar-refractivity contribution in [1.29, 1.82) is 0 Å². The van der Waals surface area contributed by atoms with Crippen molar-refractivity contribution in [3.05, 3.63) is 107 Å². The van der Waals surface area contributed by atoms with Crippen LogP contribution in [0.15, 0.2) is 84.9 Å². The van der Waals surface area contributed by atoms with Gasteiger partial charge in [-0.2, -0.15) is 0 Å². The summed E-state index contributed by atoms with van der Waals surface area (Å²) in [6, 6.07) is 30.2. The van der Waals surface area contributed by atoms with E-state index in [2.05, 4.69) is 84.9 Å². The summed E-state index contributed by atoms with van der Waals surface area (Å²) in [6.45, 7) is 0. The molecule has 0 heterocycles. The molecule has 128 valence electrons. The minimum atomic E-state index is -0.566. The van der Waals surface area contributed by atoms with Crippen molar-refractivity contribution in [3.8, 4) is 0 Å². The van der Waals surface area contributed by atoms with Gasteiger partial charge < -0.3 is 5.11 Å². The molecule has 1 aliphatic carbocycles. The van der Waals surface area contributed by atoms with Crippen LogP contribution in [0.25, 0.3) is 32.3 Å². The maximum absolute atomic E-state index is 11.1. The molecule has 6 rings (SSSR count). The molecule has 1 unspecified atom stereocenters. The van der Waals surface area contributed by atoms with E-state index >= 15 is 0 Å². The Hall–Kier alpha value is -3.16. The predicted octanol–water partition coefficient (Wildman–Crippen LogP) is 6.13. The van der Waals surface area contributed by atoms with Crippen LogP contribution < -0.4 is 0 Å². The first-order valence-corrected chi connectivity index (χ1v) is 9.41. The minimum Gasteiger partial charge on any atom is -0.384 e. The summed E-state index contributed by atoms with van der Waals surface area (Å²) < 4.78 is 0. The van der Waals surface area contributed by atoms with E-state index in [-0.39, 0.29) is 0 Å². The molecule has 1 atom stereocenters. The molecule has 0 bridgehead atoms. The number of aliphatic hydroxyl groups is 1. The second-order valence-electron chi connectivity index (χ2n) is 7.58. The molecule has 27 heavy (non-hydrogen) atoms. The van der Waals surface area contributed by atoms with Crippen molar-refractivity contribution >= 4 is 32.3 Å². The van der Waals surface area contributed by atoms with Gasteiger partial charge in [0.2, 0.25) is 0 Å². The van der Waals surface area contributed by atoms with E-state index in [0.717, 1.165) is 17.5 Å². The van der Waals surface area contributed by atoms with Crippen molar-refractivity contribution in [2.75, 3.05) is 0 Å². The summed E-state index contributed by atoms with van der Waals surface area (Å²) in [5.74, 6) is 0. The van der Waals surface area contributed by atoms with Gasteiger partial charge in [-0.05, 0) is 85.3 Å². The Balaban J connectivity index is 1.59. The van der Waals surface area contributed by atoms with Gasteiger partial charge in [-0.15, -0.1) is 0 Å². The molecule has 1 nitrogen and oxygen atoms in total. The van der Waals surface area contributed by atoms with Crippen LogP contribution >= 0.6 is 0 Å². The Morgan fingerprint density at radius 1 is 0.519 bits per heavy atom. The standard InChI is InChI=1S/C26H18O/c27-26-24-14-19-8-4-3-7-18(19)11-22(24)13-23-12-20-9-16-5-1-2-6-17(16)10-21(20)15-25(23)26/h1-12,14-15,26-27H,13H2. The SMILES string of the molecule is OC1c2cc3ccccc3cc2Cc2cc3cc4ccccc4cc3cc21. The molecule has 5 aromatic rings. The van der Waals surface area contributed by atoms with E-state index in [1.54, 1.807) is 0 Å². The molecule has 1 aliphatic rings. The maximum atomic E-state index is 11.1. The lowest BCUT2D eigenvalue weighted by atomic mass is 9.81. The number of fused-ring (bicyclic) bond motifs is 5. The third kappa shape index (κ3) is 2.22. The highest BCUT2D eigenvalue weighted by molar-refractivity contribution is 5.99. The summed E-state index contributed by atoms with van der Waals surface area (Å²) in [5, 5.41) is 18.5. The average molecular weight is 346 g/mol. The second-order valence-corrected chi connectivity index (χ2v) is 7.58. The van der Waals surface area contributed by atoms with E-state index in [9.17, 15) is 5.11 Å². The number of rotatable bonds is 0. The van der Waals surface area contributed by atoms with E-state index in [4.69, 9.17) is 0 Å². The largest absolute Gasteiger partial charge is 0.384 e. The molecule has 1 heteroatoms. The van der Waals surface area contributed by atoms with Crippen LogP contribution in [0.2, 0.25) is 0 Å². The van der Waals surface area contributed by atoms with Crippen LogP contribution in [0.3, 0.4) is 0 Å². The molecule has 0 saturated heterocycles. The molecule has 0 spiro atoms. The van der Waals surface area contributed by atoms with Crippen molar-refractivity contribution in [3.63, 3.8) is 0 Å². The smallest absolute Gasteiger partial charge is 0.105 e. The van der Waals surface area contributed by atoms with Gasteiger partial charge in [-0.25, -0.2) is 0 Å². The Kier molecular flexibility index (Phi) is 3.00. The molecule has 0 radical (unpaired) electrons. The summed E-state index contributed by atoms with van der Waals surface area (Å²) in [4.78, 5) is 0. The van der Waals surface area contributed by atoms with Crippen LogP contribution in [0.1, 0.15) is 28.4 Å². The molecule has 0 fully saturated rings. The van der Waals surface area contributed by atoms with E-state index in [1.807, 2.05) is 0 Å². The van der Waals surface area contributed by atoms with Crippen molar-refractivity contribution in [2.45, 2.75) is 12.5 Å². The van der Waals surface area contributed by atoms with Crippen LogP contribution in [0.4, 0.5) is 0 Å². The minimum absolute atomic E-state index is 0.566. The zero-order valence-electron chi connectivity index (χ0n) is 14.8. The summed E-state index contributed by atoms with van der Waals surface area (Å²) in [7, 11) is 0. The zero-order valence-corrected chi connectivity index (χ0v) is 14.8. The quantitative estimate of drug-likeness (QED) is 0.334. The van der Waals surface area contributed by atoms with Crippen LogP contribution in [-0.2, 0) is 6.42 Å². The number of hydrogen-bond donors (Lipinski definition) is 1. The Morgan fingerprint density at radius 2 is 0.926 bits per heavy atom. The number of hydrogen-bond acceptors (Lipinski definition) is 1. The van der Waals surface area contributed by atoms with Crippen molar-refractivity contribution in [1.82, 2.24) is 0 Å². The average Bonchev–Trinajstić information content (AvgIpc) is 2.70. The number of aliphatic hydroxyl groups excluding tert-OH is 1. The third-order valence-electron chi connectivity index (χ3n) is 5.94. The highest BCUT2D eigenvalue weighted by Crippen LogP contribution is 2.39. The van der Waals surface area contributed by atoms with Gasteiger partial charge in [-0.3, -0.25) is 0 Å². The number of benzene rings is 5. The Bertz CT molecular complexity index is 1360. The van der Waals surface area contributed by atoms with Crippen molar-refractivity contribution < 1.29 is 5.11 Å². The Morgan fingerprint density at radius 3 is 1.52 bits per heavy atom. The van der Waals surface area contributed by atoms with Gasteiger partial charge >= 0.3 is 0 Å². The fourth-order valence-electron chi connectivity index (χ4n) is 4.55. The molecule has 5 aromatic carbocycles. The second kappa shape index (κ2) is 5.42. The maximum Gasteiger partial charge on any atom is 0.105 e. The first kappa shape index (κ1) is 15.0. The van der Waals surface area contributed by atoms with Gasteiger partial charge in [0.25, 0.3) is 0 Å². The van der Waals surface area contributed by atoms with Gasteiger partial charge in [0.1, 0.15) is 6.10 Å². The van der Waals surface area contributed by atoms with E-state index < -0.39 is 6.10 Å². The molecular formula is C26H18O. The first-order valence-electron chi connectivity index (χ1n) is 9.41. The van der Waals surface area contributed by atoms with Gasteiger partial charge in [0, 0.05) is 0 Å². The molecular weight excluding hydrogens is 328 g/mol. The molecule has 0 aliphatic heterocycles. The fourth-order valence-corrected chi connectivity index (χ4v) is 4.55. The monoisotopic (exact) mass is 346 g/mol. The van der Waals surface area contributed by atoms with Crippen molar-refractivity contribution in [2.24, 2.45) is 0 Å². The van der Waals surface area contributed by atoms with Crippen LogP contribution in [-0.4, -0.2) is 5.11 Å². The highest BCUT2D eigenvalue weighted by Gasteiger charge is 2.24. The fraction of sp³-hybridized carbons (Fsp3) is 0.0769. The van der Waals surface area contributed by atoms with Gasteiger partial charge in [0.15, 0.2) is 0 Å². The lowest BCUT2D eigenvalue weighted by Crippen LogP contribution is -2.13. The lowest BCUT2D eigenvalue weighted by molar-refractivity contribution is 0.216. The van der Waals surface area contributed by atoms with E-state index in [1.165, 1.54) is 43.4 Å². The topological polar surface area (TPSA) is 20.2 Å². The van der Waals surface area contributed by atoms with Crippen LogP contribution in [0, 0.1) is 0 Å². The first-order chi connectivity index (χ1) is 13.3. The summed E-state index contributed by atoms with van der Waals surface area (Å²) >= 11 is 0. The Labute approximate surface area is 157 Å². The molecule has 0 aromatic heterocycles. The summed E-state index contributed by atoms with van der Waals surface area (Å²) in [6.07, 6.45) is 0.305. The lowest BCUT2D eigenvalue weighted by Gasteiger charge is -2.26. The summed E-state index contributed by atoms with van der Waals surface area (Å²) in [5.41, 5.74) is 4.55. The zero-order chi connectivity index (χ0) is 18.0. The molecule has 0 amide bonds. The third-order valence-corrected chi connectivity index (χ3v) is 5.94. The van der Waals surface area contributed by atoms with Gasteiger partial charge in [0.05, 0.1) is 0 Å². The van der Waals surface area contributed by atoms with Gasteiger partial charge in [-0.1, -0.05) is 60.7 Å². The normalized spacial score (nSPS) is 15.8.